The molecule has 4 heteroatoms. The van der Waals surface area contributed by atoms with Crippen molar-refractivity contribution in [2.75, 3.05) is 20.3 Å². The monoisotopic (exact) mass is 311 g/mol. The number of ether oxygens (including phenoxy) is 1. The topological polar surface area (TPSA) is 58.6 Å². The van der Waals surface area contributed by atoms with E-state index in [1.807, 2.05) is 42.5 Å². The number of aliphatic hydroxyl groups excluding tert-OH is 1. The Labute approximate surface area is 136 Å². The van der Waals surface area contributed by atoms with Gasteiger partial charge < -0.3 is 15.2 Å². The van der Waals surface area contributed by atoms with Crippen molar-refractivity contribution in [1.82, 2.24) is 5.32 Å². The van der Waals surface area contributed by atoms with Gasteiger partial charge in [-0.25, -0.2) is 0 Å². The number of benzene rings is 2. The molecule has 0 saturated carbocycles. The fourth-order valence-electron chi connectivity index (χ4n) is 2.13. The molecule has 0 spiro atoms. The Hall–Kier alpha value is -2.43. The van der Waals surface area contributed by atoms with Gasteiger partial charge in [0.15, 0.2) is 5.78 Å². The van der Waals surface area contributed by atoms with Gasteiger partial charge in [0.2, 0.25) is 0 Å². The molecule has 2 rings (SSSR count). The molecular weight excluding hydrogens is 290 g/mol. The van der Waals surface area contributed by atoms with E-state index in [4.69, 9.17) is 9.84 Å². The summed E-state index contributed by atoms with van der Waals surface area (Å²) >= 11 is 0. The highest BCUT2D eigenvalue weighted by Gasteiger charge is 2.03. The van der Waals surface area contributed by atoms with Crippen molar-refractivity contribution in [2.24, 2.45) is 0 Å². The molecule has 0 aliphatic rings. The van der Waals surface area contributed by atoms with Gasteiger partial charge in [0.1, 0.15) is 5.75 Å². The van der Waals surface area contributed by atoms with Crippen molar-refractivity contribution in [1.29, 1.82) is 0 Å². The number of methoxy groups -OCH3 is 1. The lowest BCUT2D eigenvalue weighted by Gasteiger charge is -2.04. The van der Waals surface area contributed by atoms with Crippen LogP contribution in [-0.2, 0) is 6.54 Å². The quantitative estimate of drug-likeness (QED) is 0.447. The Balaban J connectivity index is 2.01. The highest BCUT2D eigenvalue weighted by atomic mass is 16.5. The minimum Gasteiger partial charge on any atom is -0.497 e. The molecule has 0 aliphatic heterocycles. The molecular formula is C19H21NO3. The highest BCUT2D eigenvalue weighted by molar-refractivity contribution is 6.06. The van der Waals surface area contributed by atoms with E-state index in [2.05, 4.69) is 5.32 Å². The number of allylic oxidation sites excluding steroid dienone is 1. The molecule has 0 aromatic heterocycles. The van der Waals surface area contributed by atoms with E-state index in [0.717, 1.165) is 16.9 Å². The van der Waals surface area contributed by atoms with Crippen LogP contribution in [0.5, 0.6) is 5.75 Å². The second kappa shape index (κ2) is 8.88. The summed E-state index contributed by atoms with van der Waals surface area (Å²) in [5, 5.41) is 11.9. The lowest BCUT2D eigenvalue weighted by Crippen LogP contribution is -2.17. The fraction of sp³-hybridized carbons (Fsp3) is 0.211. The summed E-state index contributed by atoms with van der Waals surface area (Å²) in [6.45, 7) is 1.27. The van der Waals surface area contributed by atoms with Crippen LogP contribution >= 0.6 is 0 Å². The molecule has 0 amide bonds. The molecule has 23 heavy (non-hydrogen) atoms. The SMILES string of the molecule is COc1ccc(/C=C/C(=O)c2cccc(CNCCO)c2)cc1. The molecule has 0 fully saturated rings. The van der Waals surface area contributed by atoms with Crippen LogP contribution in [0.3, 0.4) is 0 Å². The first-order chi connectivity index (χ1) is 11.2. The highest BCUT2D eigenvalue weighted by Crippen LogP contribution is 2.13. The van der Waals surface area contributed by atoms with Gasteiger partial charge in [-0.15, -0.1) is 0 Å². The molecule has 0 heterocycles. The molecule has 120 valence electrons. The smallest absolute Gasteiger partial charge is 0.185 e. The standard InChI is InChI=1S/C19H21NO3/c1-23-18-8-5-15(6-9-18)7-10-19(22)17-4-2-3-16(13-17)14-20-11-12-21/h2-10,13,20-21H,11-12,14H2,1H3/b10-7+. The van der Waals surface area contributed by atoms with Crippen LogP contribution in [0.25, 0.3) is 6.08 Å². The Morgan fingerprint density at radius 3 is 2.70 bits per heavy atom. The number of hydrogen-bond donors (Lipinski definition) is 2. The zero-order valence-corrected chi connectivity index (χ0v) is 13.2. The summed E-state index contributed by atoms with van der Waals surface area (Å²) in [7, 11) is 1.62. The second-order valence-corrected chi connectivity index (χ2v) is 5.07. The van der Waals surface area contributed by atoms with Crippen molar-refractivity contribution < 1.29 is 14.6 Å². The van der Waals surface area contributed by atoms with Gasteiger partial charge in [0, 0.05) is 18.7 Å². The maximum Gasteiger partial charge on any atom is 0.185 e. The van der Waals surface area contributed by atoms with E-state index in [1.54, 1.807) is 25.3 Å². The van der Waals surface area contributed by atoms with Crippen molar-refractivity contribution >= 4 is 11.9 Å². The minimum atomic E-state index is -0.0372. The second-order valence-electron chi connectivity index (χ2n) is 5.07. The van der Waals surface area contributed by atoms with Crippen LogP contribution in [0.1, 0.15) is 21.5 Å². The Morgan fingerprint density at radius 2 is 2.00 bits per heavy atom. The third-order valence-corrected chi connectivity index (χ3v) is 3.37. The average Bonchev–Trinajstić information content (AvgIpc) is 2.60. The van der Waals surface area contributed by atoms with Gasteiger partial charge in [0.05, 0.1) is 13.7 Å². The summed E-state index contributed by atoms with van der Waals surface area (Å²) in [6, 6.07) is 15.0. The van der Waals surface area contributed by atoms with Crippen LogP contribution in [0, 0.1) is 0 Å². The predicted octanol–water partition coefficient (Wildman–Crippen LogP) is 2.67. The minimum absolute atomic E-state index is 0.0372. The third-order valence-electron chi connectivity index (χ3n) is 3.37. The maximum atomic E-state index is 12.3. The third kappa shape index (κ3) is 5.36. The summed E-state index contributed by atoms with van der Waals surface area (Å²) in [5.41, 5.74) is 2.61. The first-order valence-electron chi connectivity index (χ1n) is 7.50. The lowest BCUT2D eigenvalue weighted by atomic mass is 10.1. The summed E-state index contributed by atoms with van der Waals surface area (Å²) in [5.74, 6) is 0.751. The molecule has 0 bridgehead atoms. The van der Waals surface area contributed by atoms with Gasteiger partial charge in [-0.2, -0.15) is 0 Å². The van der Waals surface area contributed by atoms with Crippen LogP contribution in [0.4, 0.5) is 0 Å². The van der Waals surface area contributed by atoms with Crippen LogP contribution in [0.15, 0.2) is 54.6 Å². The molecule has 0 unspecified atom stereocenters. The molecule has 0 saturated heterocycles. The Morgan fingerprint density at radius 1 is 1.22 bits per heavy atom. The van der Waals surface area contributed by atoms with E-state index in [1.165, 1.54) is 0 Å². The number of nitrogens with one attached hydrogen (secondary N) is 1. The molecule has 2 aromatic carbocycles. The van der Waals surface area contributed by atoms with Crippen molar-refractivity contribution in [2.45, 2.75) is 6.54 Å². The summed E-state index contributed by atoms with van der Waals surface area (Å²) in [4.78, 5) is 12.3. The number of aliphatic hydroxyl groups is 1. The van der Waals surface area contributed by atoms with Gasteiger partial charge >= 0.3 is 0 Å². The van der Waals surface area contributed by atoms with Gasteiger partial charge in [-0.3, -0.25) is 4.79 Å². The van der Waals surface area contributed by atoms with E-state index >= 15 is 0 Å². The first kappa shape index (κ1) is 16.9. The summed E-state index contributed by atoms with van der Waals surface area (Å²) in [6.07, 6.45) is 3.36. The first-order valence-corrected chi connectivity index (χ1v) is 7.50. The number of ketones is 1. The lowest BCUT2D eigenvalue weighted by molar-refractivity contribution is 0.104. The van der Waals surface area contributed by atoms with Crippen LogP contribution in [0.2, 0.25) is 0 Å². The van der Waals surface area contributed by atoms with Gasteiger partial charge in [-0.05, 0) is 35.4 Å². The molecule has 0 aliphatic carbocycles. The van der Waals surface area contributed by atoms with Crippen LogP contribution < -0.4 is 10.1 Å². The van der Waals surface area contributed by atoms with E-state index in [-0.39, 0.29) is 12.4 Å². The van der Waals surface area contributed by atoms with Crippen LogP contribution in [-0.4, -0.2) is 31.2 Å². The van der Waals surface area contributed by atoms with Gasteiger partial charge in [0.25, 0.3) is 0 Å². The number of carbonyl (C=O) groups excluding carboxylic acids is 1. The average molecular weight is 311 g/mol. The predicted molar refractivity (Wildman–Crippen MR) is 91.6 cm³/mol. The molecule has 2 N–H and O–H groups in total. The molecule has 4 nitrogen and oxygen atoms in total. The zero-order valence-electron chi connectivity index (χ0n) is 13.2. The largest absolute Gasteiger partial charge is 0.497 e. The van der Waals surface area contributed by atoms with E-state index in [0.29, 0.717) is 18.7 Å². The number of carbonyl (C=O) groups is 1. The van der Waals surface area contributed by atoms with Crippen molar-refractivity contribution in [3.05, 3.63) is 71.3 Å². The molecule has 2 aromatic rings. The number of rotatable bonds is 8. The number of hydrogen-bond acceptors (Lipinski definition) is 4. The Bertz CT molecular complexity index is 663. The Kier molecular flexibility index (Phi) is 6.54. The van der Waals surface area contributed by atoms with E-state index in [9.17, 15) is 4.79 Å². The summed E-state index contributed by atoms with van der Waals surface area (Å²) < 4.78 is 5.10. The molecule has 0 atom stereocenters. The van der Waals surface area contributed by atoms with Crippen molar-refractivity contribution in [3.63, 3.8) is 0 Å². The normalized spacial score (nSPS) is 10.9. The zero-order chi connectivity index (χ0) is 16.5. The maximum absolute atomic E-state index is 12.3. The van der Waals surface area contributed by atoms with Gasteiger partial charge in [-0.1, -0.05) is 36.4 Å². The fourth-order valence-corrected chi connectivity index (χ4v) is 2.13. The van der Waals surface area contributed by atoms with Crippen molar-refractivity contribution in [3.8, 4) is 5.75 Å². The van der Waals surface area contributed by atoms with E-state index < -0.39 is 0 Å². The molecule has 0 radical (unpaired) electrons.